The van der Waals surface area contributed by atoms with Crippen LogP contribution in [0, 0.1) is 5.41 Å². The molecule has 0 radical (unpaired) electrons. The van der Waals surface area contributed by atoms with Gasteiger partial charge in [-0.15, -0.1) is 0 Å². The quantitative estimate of drug-likeness (QED) is 0.896. The van der Waals surface area contributed by atoms with Crippen molar-refractivity contribution in [2.75, 3.05) is 20.1 Å². The number of aromatic nitrogens is 1. The molecule has 0 aromatic carbocycles. The van der Waals surface area contributed by atoms with Crippen LogP contribution in [0.5, 0.6) is 0 Å². The summed E-state index contributed by atoms with van der Waals surface area (Å²) in [5.74, 6) is 0.281. The van der Waals surface area contributed by atoms with Crippen LogP contribution < -0.4 is 5.32 Å². The van der Waals surface area contributed by atoms with Crippen LogP contribution in [0.4, 0.5) is 0 Å². The van der Waals surface area contributed by atoms with E-state index in [0.717, 1.165) is 44.3 Å². The van der Waals surface area contributed by atoms with E-state index in [4.69, 9.17) is 0 Å². The molecule has 0 aliphatic carbocycles. The van der Waals surface area contributed by atoms with Gasteiger partial charge in [-0.05, 0) is 43.5 Å². The molecule has 1 N–H and O–H groups in total. The number of piperidine rings is 1. The van der Waals surface area contributed by atoms with E-state index in [1.165, 1.54) is 0 Å². The predicted octanol–water partition coefficient (Wildman–Crippen LogP) is 2.21. The Hall–Kier alpha value is -1.42. The third-order valence-corrected chi connectivity index (χ3v) is 4.17. The van der Waals surface area contributed by atoms with E-state index in [1.807, 2.05) is 24.1 Å². The standard InChI is InChI=1S/C16H25N3O/c1-3-7-16(8-4-9-18-13-16)15(20)19(2)12-14-5-10-17-11-6-14/h5-6,10-11,18H,3-4,7-9,12-13H2,1-2H3. The van der Waals surface area contributed by atoms with Gasteiger partial charge >= 0.3 is 0 Å². The largest absolute Gasteiger partial charge is 0.341 e. The summed E-state index contributed by atoms with van der Waals surface area (Å²) in [4.78, 5) is 18.8. The fourth-order valence-corrected chi connectivity index (χ4v) is 3.19. The maximum atomic E-state index is 12.9. The summed E-state index contributed by atoms with van der Waals surface area (Å²) in [6.45, 7) is 4.67. The Labute approximate surface area is 121 Å². The Morgan fingerprint density at radius 1 is 1.45 bits per heavy atom. The van der Waals surface area contributed by atoms with Crippen molar-refractivity contribution in [3.63, 3.8) is 0 Å². The van der Waals surface area contributed by atoms with E-state index in [2.05, 4.69) is 17.2 Å². The van der Waals surface area contributed by atoms with Gasteiger partial charge in [0.2, 0.25) is 5.91 Å². The van der Waals surface area contributed by atoms with Crippen LogP contribution in [0.2, 0.25) is 0 Å². The zero-order valence-corrected chi connectivity index (χ0v) is 12.6. The third kappa shape index (κ3) is 3.37. The van der Waals surface area contributed by atoms with Gasteiger partial charge < -0.3 is 10.2 Å². The minimum Gasteiger partial charge on any atom is -0.341 e. The molecule has 1 aromatic heterocycles. The molecular formula is C16H25N3O. The SMILES string of the molecule is CCCC1(C(=O)N(C)Cc2ccncc2)CCCNC1. The molecule has 2 rings (SSSR count). The second kappa shape index (κ2) is 6.84. The van der Waals surface area contributed by atoms with Gasteiger partial charge in [-0.3, -0.25) is 9.78 Å². The Morgan fingerprint density at radius 3 is 2.80 bits per heavy atom. The first-order chi connectivity index (χ1) is 9.68. The van der Waals surface area contributed by atoms with Crippen molar-refractivity contribution < 1.29 is 4.79 Å². The molecule has 1 amide bonds. The molecule has 4 nitrogen and oxygen atoms in total. The van der Waals surface area contributed by atoms with Crippen molar-refractivity contribution >= 4 is 5.91 Å². The highest BCUT2D eigenvalue weighted by molar-refractivity contribution is 5.83. The molecular weight excluding hydrogens is 250 g/mol. The molecule has 1 fully saturated rings. The lowest BCUT2D eigenvalue weighted by atomic mass is 9.75. The van der Waals surface area contributed by atoms with E-state index >= 15 is 0 Å². The van der Waals surface area contributed by atoms with Gasteiger partial charge in [0, 0.05) is 32.5 Å². The van der Waals surface area contributed by atoms with Crippen molar-refractivity contribution in [2.24, 2.45) is 5.41 Å². The Kier molecular flexibility index (Phi) is 5.12. The fraction of sp³-hybridized carbons (Fsp3) is 0.625. The van der Waals surface area contributed by atoms with E-state index < -0.39 is 0 Å². The van der Waals surface area contributed by atoms with Crippen molar-refractivity contribution in [3.8, 4) is 0 Å². The lowest BCUT2D eigenvalue weighted by Gasteiger charge is -2.39. The lowest BCUT2D eigenvalue weighted by Crippen LogP contribution is -2.50. The molecule has 20 heavy (non-hydrogen) atoms. The predicted molar refractivity (Wildman–Crippen MR) is 80.2 cm³/mol. The van der Waals surface area contributed by atoms with Crippen molar-refractivity contribution in [2.45, 2.75) is 39.2 Å². The highest BCUT2D eigenvalue weighted by atomic mass is 16.2. The maximum absolute atomic E-state index is 12.9. The first-order valence-electron chi connectivity index (χ1n) is 7.53. The molecule has 2 heterocycles. The number of hydrogen-bond donors (Lipinski definition) is 1. The van der Waals surface area contributed by atoms with Gasteiger partial charge in [-0.2, -0.15) is 0 Å². The minimum absolute atomic E-state index is 0.200. The maximum Gasteiger partial charge on any atom is 0.230 e. The van der Waals surface area contributed by atoms with Crippen LogP contribution in [0.25, 0.3) is 0 Å². The molecule has 1 aliphatic heterocycles. The summed E-state index contributed by atoms with van der Waals surface area (Å²) in [5, 5.41) is 3.40. The van der Waals surface area contributed by atoms with Crippen LogP contribution in [0.1, 0.15) is 38.2 Å². The van der Waals surface area contributed by atoms with Gasteiger partial charge in [0.25, 0.3) is 0 Å². The van der Waals surface area contributed by atoms with Gasteiger partial charge in [0.05, 0.1) is 5.41 Å². The summed E-state index contributed by atoms with van der Waals surface area (Å²) in [6, 6.07) is 3.94. The van der Waals surface area contributed by atoms with Crippen LogP contribution in [0.15, 0.2) is 24.5 Å². The summed E-state index contributed by atoms with van der Waals surface area (Å²) < 4.78 is 0. The Balaban J connectivity index is 2.06. The molecule has 1 unspecified atom stereocenters. The van der Waals surface area contributed by atoms with E-state index in [-0.39, 0.29) is 11.3 Å². The second-order valence-corrected chi connectivity index (χ2v) is 5.83. The molecule has 0 bridgehead atoms. The number of hydrogen-bond acceptors (Lipinski definition) is 3. The number of rotatable bonds is 5. The minimum atomic E-state index is -0.200. The van der Waals surface area contributed by atoms with Crippen molar-refractivity contribution in [1.82, 2.24) is 15.2 Å². The van der Waals surface area contributed by atoms with Crippen LogP contribution in [-0.2, 0) is 11.3 Å². The average molecular weight is 275 g/mol. The smallest absolute Gasteiger partial charge is 0.230 e. The van der Waals surface area contributed by atoms with Crippen LogP contribution >= 0.6 is 0 Å². The summed E-state index contributed by atoms with van der Waals surface area (Å²) >= 11 is 0. The number of amides is 1. The van der Waals surface area contributed by atoms with Crippen molar-refractivity contribution in [3.05, 3.63) is 30.1 Å². The number of nitrogens with one attached hydrogen (secondary N) is 1. The first kappa shape index (κ1) is 15.0. The molecule has 1 atom stereocenters. The Morgan fingerprint density at radius 2 is 2.20 bits per heavy atom. The molecule has 0 saturated carbocycles. The number of carbonyl (C=O) groups excluding carboxylic acids is 1. The Bertz CT molecular complexity index is 421. The number of nitrogens with zero attached hydrogens (tertiary/aromatic N) is 2. The summed E-state index contributed by atoms with van der Waals surface area (Å²) in [5.41, 5.74) is 0.931. The van der Waals surface area contributed by atoms with Gasteiger partial charge in [0.15, 0.2) is 0 Å². The second-order valence-electron chi connectivity index (χ2n) is 5.83. The molecule has 1 aromatic rings. The lowest BCUT2D eigenvalue weighted by molar-refractivity contribution is -0.143. The third-order valence-electron chi connectivity index (χ3n) is 4.17. The first-order valence-corrected chi connectivity index (χ1v) is 7.53. The van der Waals surface area contributed by atoms with E-state index in [9.17, 15) is 4.79 Å². The zero-order valence-electron chi connectivity index (χ0n) is 12.6. The number of pyridine rings is 1. The molecule has 4 heteroatoms. The highest BCUT2D eigenvalue weighted by Crippen LogP contribution is 2.33. The number of carbonyl (C=O) groups is 1. The zero-order chi connectivity index (χ0) is 14.4. The molecule has 110 valence electrons. The van der Waals surface area contributed by atoms with Crippen LogP contribution in [0.3, 0.4) is 0 Å². The summed E-state index contributed by atoms with van der Waals surface area (Å²) in [6.07, 6.45) is 7.67. The monoisotopic (exact) mass is 275 g/mol. The van der Waals surface area contributed by atoms with Gasteiger partial charge in [-0.1, -0.05) is 13.3 Å². The average Bonchev–Trinajstić information content (AvgIpc) is 2.48. The van der Waals surface area contributed by atoms with Gasteiger partial charge in [0.1, 0.15) is 0 Å². The van der Waals surface area contributed by atoms with Gasteiger partial charge in [-0.25, -0.2) is 0 Å². The fourth-order valence-electron chi connectivity index (χ4n) is 3.19. The van der Waals surface area contributed by atoms with Crippen LogP contribution in [-0.4, -0.2) is 35.9 Å². The summed E-state index contributed by atoms with van der Waals surface area (Å²) in [7, 11) is 1.91. The topological polar surface area (TPSA) is 45.2 Å². The molecule has 0 spiro atoms. The van der Waals surface area contributed by atoms with E-state index in [0.29, 0.717) is 6.54 Å². The van der Waals surface area contributed by atoms with Crippen molar-refractivity contribution in [1.29, 1.82) is 0 Å². The highest BCUT2D eigenvalue weighted by Gasteiger charge is 2.40. The molecule has 1 aliphatic rings. The van der Waals surface area contributed by atoms with E-state index in [1.54, 1.807) is 12.4 Å². The normalized spacial score (nSPS) is 22.5. The molecule has 1 saturated heterocycles.